The number of fused-ring (bicyclic) bond motifs is 1. The zero-order valence-electron chi connectivity index (χ0n) is 10.5. The third-order valence-electron chi connectivity index (χ3n) is 3.10. The molecule has 0 saturated heterocycles. The normalized spacial score (nSPS) is 11.8. The van der Waals surface area contributed by atoms with Crippen molar-refractivity contribution in [2.24, 2.45) is 5.84 Å². The Hall–Kier alpha value is -1.97. The number of nitrogens with one attached hydrogen (secondary N) is 3. The second kappa shape index (κ2) is 5.34. The Morgan fingerprint density at radius 1 is 1.37 bits per heavy atom. The van der Waals surface area contributed by atoms with Crippen molar-refractivity contribution < 1.29 is 10.2 Å². The molecule has 2 aromatic rings. The van der Waals surface area contributed by atoms with Crippen molar-refractivity contribution in [1.29, 1.82) is 0 Å². The molecule has 0 aliphatic heterocycles. The number of hydrogen-bond donors (Lipinski definition) is 6. The first-order valence-corrected chi connectivity index (χ1v) is 5.85. The van der Waals surface area contributed by atoms with Crippen molar-refractivity contribution in [3.8, 4) is 0 Å². The second-order valence-electron chi connectivity index (χ2n) is 4.25. The van der Waals surface area contributed by atoms with Gasteiger partial charge in [-0.1, -0.05) is 6.92 Å². The van der Waals surface area contributed by atoms with Crippen LogP contribution >= 0.6 is 0 Å². The molecule has 9 nitrogen and oxygen atoms in total. The lowest BCUT2D eigenvalue weighted by Crippen LogP contribution is -2.45. The average Bonchev–Trinajstić information content (AvgIpc) is 2.93. The van der Waals surface area contributed by atoms with Gasteiger partial charge in [0.1, 0.15) is 5.82 Å². The minimum Gasteiger partial charge on any atom is -0.394 e. The number of aromatic amines is 1. The maximum absolute atomic E-state index is 9.46. The Kier molecular flexibility index (Phi) is 3.79. The summed E-state index contributed by atoms with van der Waals surface area (Å²) in [4.78, 5) is 8.27. The molecular formula is C10H17N7O2. The number of rotatable bonds is 6. The molecule has 0 fully saturated rings. The smallest absolute Gasteiger partial charge is 0.241 e. The van der Waals surface area contributed by atoms with Gasteiger partial charge in [0.05, 0.1) is 30.3 Å². The molecule has 0 unspecified atom stereocenters. The molecule has 7 N–H and O–H groups in total. The zero-order chi connectivity index (χ0) is 13.9. The highest BCUT2D eigenvalue weighted by molar-refractivity contribution is 5.87. The zero-order valence-corrected chi connectivity index (χ0v) is 10.5. The van der Waals surface area contributed by atoms with Crippen LogP contribution in [0.4, 0.5) is 11.8 Å². The topological polar surface area (TPSA) is 145 Å². The maximum atomic E-state index is 9.46. The van der Waals surface area contributed by atoms with Gasteiger partial charge >= 0.3 is 0 Å². The molecule has 0 saturated carbocycles. The van der Waals surface area contributed by atoms with Crippen LogP contribution in [-0.2, 0) is 0 Å². The van der Waals surface area contributed by atoms with Crippen LogP contribution < -0.4 is 16.6 Å². The molecule has 9 heteroatoms. The van der Waals surface area contributed by atoms with E-state index in [2.05, 4.69) is 30.9 Å². The number of aromatic nitrogens is 4. The third kappa shape index (κ3) is 2.43. The summed E-state index contributed by atoms with van der Waals surface area (Å²) >= 11 is 0. The molecule has 0 amide bonds. The largest absolute Gasteiger partial charge is 0.394 e. The summed E-state index contributed by atoms with van der Waals surface area (Å²) in [5, 5.41) is 29.2. The van der Waals surface area contributed by atoms with Gasteiger partial charge < -0.3 is 15.5 Å². The summed E-state index contributed by atoms with van der Waals surface area (Å²) in [6.45, 7) is 1.40. The Balaban J connectivity index is 2.46. The van der Waals surface area contributed by atoms with Crippen LogP contribution in [0.1, 0.15) is 13.3 Å². The van der Waals surface area contributed by atoms with E-state index in [0.717, 1.165) is 0 Å². The molecule has 0 radical (unpaired) electrons. The first-order chi connectivity index (χ1) is 9.18. The van der Waals surface area contributed by atoms with Gasteiger partial charge in [0.25, 0.3) is 0 Å². The highest BCUT2D eigenvalue weighted by Crippen LogP contribution is 2.24. The Morgan fingerprint density at radius 2 is 2.11 bits per heavy atom. The van der Waals surface area contributed by atoms with Crippen molar-refractivity contribution in [2.45, 2.75) is 18.9 Å². The predicted molar refractivity (Wildman–Crippen MR) is 70.3 cm³/mol. The lowest BCUT2D eigenvalue weighted by atomic mass is 9.98. The molecule has 0 atom stereocenters. The van der Waals surface area contributed by atoms with Gasteiger partial charge in [-0.15, -0.1) is 0 Å². The lowest BCUT2D eigenvalue weighted by Gasteiger charge is -2.30. The summed E-state index contributed by atoms with van der Waals surface area (Å²) < 4.78 is 0. The van der Waals surface area contributed by atoms with Crippen molar-refractivity contribution in [3.05, 3.63) is 6.20 Å². The van der Waals surface area contributed by atoms with Crippen molar-refractivity contribution in [3.63, 3.8) is 0 Å². The number of H-pyrrole nitrogens is 1. The van der Waals surface area contributed by atoms with Crippen LogP contribution in [0.25, 0.3) is 11.0 Å². The number of hydrazine groups is 1. The molecule has 2 heterocycles. The van der Waals surface area contributed by atoms with Crippen LogP contribution in [0.2, 0.25) is 0 Å². The first kappa shape index (κ1) is 13.5. The first-order valence-electron chi connectivity index (χ1n) is 5.85. The molecule has 0 spiro atoms. The average molecular weight is 267 g/mol. The minimum absolute atomic E-state index is 0.208. The number of hydrogen-bond acceptors (Lipinski definition) is 8. The van der Waals surface area contributed by atoms with Crippen molar-refractivity contribution in [2.75, 3.05) is 24.0 Å². The minimum atomic E-state index is -0.857. The Labute approximate surface area is 109 Å². The molecule has 0 bridgehead atoms. The summed E-state index contributed by atoms with van der Waals surface area (Å²) in [5.41, 5.74) is 2.00. The standard InChI is InChI=1S/C10H17N7O2/c1-2-10(4-18,5-19)15-7-6-3-12-17-8(6)14-9(13-7)16-11/h3,18-19H,2,4-5,11H2,1H3,(H3,12,13,14,15,16,17). The highest BCUT2D eigenvalue weighted by atomic mass is 16.3. The van der Waals surface area contributed by atoms with Gasteiger partial charge in [0.2, 0.25) is 5.95 Å². The van der Waals surface area contributed by atoms with E-state index in [4.69, 9.17) is 5.84 Å². The Bertz CT molecular complexity index is 544. The predicted octanol–water partition coefficient (Wildman–Crippen LogP) is -0.816. The summed E-state index contributed by atoms with van der Waals surface area (Å²) in [6.07, 6.45) is 2.09. The van der Waals surface area contributed by atoms with Crippen LogP contribution in [0.15, 0.2) is 6.20 Å². The number of nitrogens with two attached hydrogens (primary N) is 1. The highest BCUT2D eigenvalue weighted by Gasteiger charge is 2.28. The van der Waals surface area contributed by atoms with E-state index < -0.39 is 5.54 Å². The van der Waals surface area contributed by atoms with Crippen LogP contribution in [-0.4, -0.2) is 49.1 Å². The van der Waals surface area contributed by atoms with E-state index in [-0.39, 0.29) is 19.2 Å². The third-order valence-corrected chi connectivity index (χ3v) is 3.10. The Morgan fingerprint density at radius 3 is 2.68 bits per heavy atom. The van der Waals surface area contributed by atoms with E-state index in [1.165, 1.54) is 0 Å². The molecule has 2 rings (SSSR count). The fraction of sp³-hybridized carbons (Fsp3) is 0.500. The fourth-order valence-electron chi connectivity index (χ4n) is 1.69. The summed E-state index contributed by atoms with van der Waals surface area (Å²) in [6, 6.07) is 0. The fourth-order valence-corrected chi connectivity index (χ4v) is 1.69. The van der Waals surface area contributed by atoms with Crippen molar-refractivity contribution >= 4 is 22.8 Å². The van der Waals surface area contributed by atoms with E-state index in [1.54, 1.807) is 6.20 Å². The van der Waals surface area contributed by atoms with Gasteiger partial charge in [0.15, 0.2) is 5.65 Å². The van der Waals surface area contributed by atoms with E-state index in [9.17, 15) is 10.2 Å². The number of aliphatic hydroxyl groups is 2. The number of anilines is 2. The number of nitrogen functional groups attached to an aromatic ring is 1. The van der Waals surface area contributed by atoms with Gasteiger partial charge in [-0.2, -0.15) is 15.1 Å². The van der Waals surface area contributed by atoms with E-state index >= 15 is 0 Å². The quantitative estimate of drug-likeness (QED) is 0.294. The van der Waals surface area contributed by atoms with E-state index in [0.29, 0.717) is 23.3 Å². The van der Waals surface area contributed by atoms with Crippen LogP contribution in [0, 0.1) is 0 Å². The SMILES string of the molecule is CCC(CO)(CO)Nc1nc(NN)nc2[nH]ncc12. The molecule has 19 heavy (non-hydrogen) atoms. The molecule has 2 aromatic heterocycles. The van der Waals surface area contributed by atoms with Crippen LogP contribution in [0.3, 0.4) is 0 Å². The van der Waals surface area contributed by atoms with Gasteiger partial charge in [-0.25, -0.2) is 5.84 Å². The second-order valence-corrected chi connectivity index (χ2v) is 4.25. The molecule has 0 aromatic carbocycles. The van der Waals surface area contributed by atoms with Gasteiger partial charge in [-0.3, -0.25) is 10.5 Å². The number of aliphatic hydroxyl groups excluding tert-OH is 2. The molecular weight excluding hydrogens is 250 g/mol. The van der Waals surface area contributed by atoms with E-state index in [1.807, 2.05) is 6.92 Å². The molecule has 0 aliphatic rings. The van der Waals surface area contributed by atoms with Gasteiger partial charge in [0, 0.05) is 0 Å². The number of nitrogens with zero attached hydrogens (tertiary/aromatic N) is 3. The van der Waals surface area contributed by atoms with Crippen molar-refractivity contribution in [1.82, 2.24) is 20.2 Å². The summed E-state index contributed by atoms with van der Waals surface area (Å²) in [7, 11) is 0. The maximum Gasteiger partial charge on any atom is 0.241 e. The molecule has 104 valence electrons. The van der Waals surface area contributed by atoms with Gasteiger partial charge in [-0.05, 0) is 6.42 Å². The summed E-state index contributed by atoms with van der Waals surface area (Å²) in [5.74, 6) is 5.95. The van der Waals surface area contributed by atoms with Crippen LogP contribution in [0.5, 0.6) is 0 Å². The molecule has 0 aliphatic carbocycles. The lowest BCUT2D eigenvalue weighted by molar-refractivity contribution is 0.132. The monoisotopic (exact) mass is 267 g/mol.